The van der Waals surface area contributed by atoms with E-state index in [2.05, 4.69) is 20.7 Å². The average molecular weight is 542 g/mol. The Kier molecular flexibility index (Phi) is 9.39. The van der Waals surface area contributed by atoms with E-state index in [1.165, 1.54) is 0 Å². The molecule has 1 aliphatic rings. The third-order valence-electron chi connectivity index (χ3n) is 4.93. The fourth-order valence-electron chi connectivity index (χ4n) is 3.51. The lowest BCUT2D eigenvalue weighted by Gasteiger charge is -2.23. The number of hydrogen-bond acceptors (Lipinski definition) is 4. The monoisotopic (exact) mass is 542 g/mol. The van der Waals surface area contributed by atoms with Gasteiger partial charge in [0.05, 0.1) is 0 Å². The van der Waals surface area contributed by atoms with Crippen molar-refractivity contribution >= 4 is 29.9 Å². The summed E-state index contributed by atoms with van der Waals surface area (Å²) in [4.78, 5) is 16.7. The van der Waals surface area contributed by atoms with Crippen molar-refractivity contribution in [1.29, 1.82) is 0 Å². The van der Waals surface area contributed by atoms with E-state index in [-0.39, 0.29) is 35.3 Å². The molecule has 172 valence electrons. The molecule has 0 amide bonds. The molecule has 1 aliphatic heterocycles. The van der Waals surface area contributed by atoms with E-state index in [4.69, 9.17) is 4.74 Å². The Labute approximate surface area is 201 Å². The van der Waals surface area contributed by atoms with Gasteiger partial charge in [0, 0.05) is 45.2 Å². The third kappa shape index (κ3) is 7.26. The first-order valence-corrected chi connectivity index (χ1v) is 10.8. The van der Waals surface area contributed by atoms with Crippen LogP contribution in [0.1, 0.15) is 51.4 Å². The minimum absolute atomic E-state index is 0. The van der Waals surface area contributed by atoms with Crippen LogP contribution in [0.25, 0.3) is 0 Å². The number of guanidine groups is 1. The minimum Gasteiger partial charge on any atom is -0.488 e. The van der Waals surface area contributed by atoms with E-state index in [0.717, 1.165) is 55.3 Å². The van der Waals surface area contributed by atoms with Gasteiger partial charge in [0.25, 0.3) is 0 Å². The number of fused-ring (bicyclic) bond motifs is 1. The van der Waals surface area contributed by atoms with E-state index in [0.29, 0.717) is 19.6 Å². The van der Waals surface area contributed by atoms with Crippen LogP contribution in [-0.2, 0) is 26.1 Å². The van der Waals surface area contributed by atoms with Crippen LogP contribution < -0.4 is 21.1 Å². The maximum Gasteiger partial charge on any atom is 0.345 e. The van der Waals surface area contributed by atoms with Crippen LogP contribution in [0.3, 0.4) is 0 Å². The highest BCUT2D eigenvalue weighted by molar-refractivity contribution is 14.0. The summed E-state index contributed by atoms with van der Waals surface area (Å²) >= 11 is 0. The first-order chi connectivity index (χ1) is 14.4. The third-order valence-corrected chi connectivity index (χ3v) is 4.93. The highest BCUT2D eigenvalue weighted by Crippen LogP contribution is 2.22. The Morgan fingerprint density at radius 1 is 1.23 bits per heavy atom. The molecule has 0 saturated carbocycles. The molecule has 9 heteroatoms. The number of aliphatic imine (C=N–C) groups is 1. The first-order valence-electron chi connectivity index (χ1n) is 10.8. The molecule has 0 fully saturated rings. The molecule has 0 spiro atoms. The fraction of sp³-hybridized carbons (Fsp3) is 0.591. The van der Waals surface area contributed by atoms with Gasteiger partial charge in [-0.15, -0.1) is 24.0 Å². The summed E-state index contributed by atoms with van der Waals surface area (Å²) in [6, 6.07) is 8.02. The summed E-state index contributed by atoms with van der Waals surface area (Å²) in [5.74, 6) is 2.51. The zero-order chi connectivity index (χ0) is 21.6. The number of para-hydroxylation sites is 1. The second-order valence-corrected chi connectivity index (χ2v) is 8.56. The Balaban J connectivity index is 0.00000341. The molecule has 1 aromatic heterocycles. The van der Waals surface area contributed by atoms with Gasteiger partial charge in [-0.2, -0.15) is 5.10 Å². The van der Waals surface area contributed by atoms with Gasteiger partial charge in [-0.25, -0.2) is 9.48 Å². The van der Waals surface area contributed by atoms with Crippen LogP contribution in [0, 0.1) is 0 Å². The van der Waals surface area contributed by atoms with Crippen molar-refractivity contribution in [3.8, 4) is 5.75 Å². The van der Waals surface area contributed by atoms with E-state index in [1.54, 1.807) is 11.7 Å². The van der Waals surface area contributed by atoms with Crippen molar-refractivity contribution in [3.63, 3.8) is 0 Å². The molecule has 0 atom stereocenters. The predicted molar refractivity (Wildman–Crippen MR) is 134 cm³/mol. The number of benzene rings is 1. The van der Waals surface area contributed by atoms with Gasteiger partial charge in [0.1, 0.15) is 17.2 Å². The topological polar surface area (TPSA) is 85.5 Å². The quantitative estimate of drug-likeness (QED) is 0.243. The molecule has 0 aliphatic carbocycles. The summed E-state index contributed by atoms with van der Waals surface area (Å²) in [7, 11) is 1.75. The predicted octanol–water partition coefficient (Wildman–Crippen LogP) is 2.93. The van der Waals surface area contributed by atoms with Crippen LogP contribution in [0.15, 0.2) is 34.1 Å². The Bertz CT molecular complexity index is 929. The Morgan fingerprint density at radius 3 is 2.71 bits per heavy atom. The summed E-state index contributed by atoms with van der Waals surface area (Å²) in [5, 5.41) is 11.1. The van der Waals surface area contributed by atoms with Crippen LogP contribution >= 0.6 is 24.0 Å². The molecular formula is C22H35IN6O2. The van der Waals surface area contributed by atoms with Crippen molar-refractivity contribution in [2.24, 2.45) is 4.99 Å². The molecule has 1 aromatic carbocycles. The van der Waals surface area contributed by atoms with E-state index in [1.807, 2.05) is 49.6 Å². The molecule has 2 heterocycles. The summed E-state index contributed by atoms with van der Waals surface area (Å²) in [5.41, 5.74) is 0.841. The average Bonchev–Trinajstić information content (AvgIpc) is 3.03. The second-order valence-electron chi connectivity index (χ2n) is 8.56. The number of aromatic nitrogens is 3. The van der Waals surface area contributed by atoms with Crippen molar-refractivity contribution in [2.75, 3.05) is 13.6 Å². The van der Waals surface area contributed by atoms with Gasteiger partial charge < -0.3 is 15.4 Å². The lowest BCUT2D eigenvalue weighted by Crippen LogP contribution is -2.38. The van der Waals surface area contributed by atoms with Gasteiger partial charge in [-0.1, -0.05) is 18.2 Å². The van der Waals surface area contributed by atoms with Crippen molar-refractivity contribution < 1.29 is 4.74 Å². The highest BCUT2D eigenvalue weighted by atomic mass is 127. The molecule has 0 radical (unpaired) electrons. The fourth-order valence-corrected chi connectivity index (χ4v) is 3.51. The number of halogens is 1. The Hall–Kier alpha value is -2.04. The minimum atomic E-state index is -0.250. The van der Waals surface area contributed by atoms with Crippen LogP contribution in [0.5, 0.6) is 5.75 Å². The van der Waals surface area contributed by atoms with Crippen LogP contribution in [-0.4, -0.2) is 39.5 Å². The zero-order valence-corrected chi connectivity index (χ0v) is 21.3. The van der Waals surface area contributed by atoms with Gasteiger partial charge >= 0.3 is 5.69 Å². The van der Waals surface area contributed by atoms with Crippen molar-refractivity contribution in [2.45, 2.75) is 71.7 Å². The van der Waals surface area contributed by atoms with E-state index >= 15 is 0 Å². The lowest BCUT2D eigenvalue weighted by atomic mass is 10.1. The molecule has 0 saturated heterocycles. The number of hydrogen-bond donors (Lipinski definition) is 2. The smallest absolute Gasteiger partial charge is 0.345 e. The SMILES string of the molecule is CN=C(NCCCn1nc2n(c1=O)CCCC2)NCc1ccccc1OC(C)(C)C.I. The molecule has 0 unspecified atom stereocenters. The first kappa shape index (κ1) is 25.2. The largest absolute Gasteiger partial charge is 0.488 e. The van der Waals surface area contributed by atoms with Crippen LogP contribution in [0.2, 0.25) is 0 Å². The Morgan fingerprint density at radius 2 is 2.00 bits per heavy atom. The molecule has 2 aromatic rings. The van der Waals surface area contributed by atoms with E-state index in [9.17, 15) is 4.79 Å². The van der Waals surface area contributed by atoms with Crippen molar-refractivity contribution in [3.05, 3.63) is 46.1 Å². The molecule has 31 heavy (non-hydrogen) atoms. The van der Waals surface area contributed by atoms with Gasteiger partial charge in [-0.05, 0) is 46.1 Å². The van der Waals surface area contributed by atoms with Gasteiger partial charge in [-0.3, -0.25) is 9.56 Å². The summed E-state index contributed by atoms with van der Waals surface area (Å²) < 4.78 is 9.46. The molecular weight excluding hydrogens is 507 g/mol. The number of rotatable bonds is 7. The highest BCUT2D eigenvalue weighted by Gasteiger charge is 2.16. The van der Waals surface area contributed by atoms with Crippen molar-refractivity contribution in [1.82, 2.24) is 25.0 Å². The van der Waals surface area contributed by atoms with Crippen LogP contribution in [0.4, 0.5) is 0 Å². The van der Waals surface area contributed by atoms with Gasteiger partial charge in [0.2, 0.25) is 0 Å². The molecule has 0 bridgehead atoms. The number of nitrogens with one attached hydrogen (secondary N) is 2. The molecule has 2 N–H and O–H groups in total. The lowest BCUT2D eigenvalue weighted by molar-refractivity contribution is 0.129. The molecule has 3 rings (SSSR count). The van der Waals surface area contributed by atoms with Gasteiger partial charge in [0.15, 0.2) is 5.96 Å². The maximum absolute atomic E-state index is 12.4. The second kappa shape index (κ2) is 11.5. The number of nitrogens with zero attached hydrogens (tertiary/aromatic N) is 4. The normalized spacial score (nSPS) is 13.9. The van der Waals surface area contributed by atoms with E-state index < -0.39 is 0 Å². The molecule has 8 nitrogen and oxygen atoms in total. The number of ether oxygens (including phenoxy) is 1. The zero-order valence-electron chi connectivity index (χ0n) is 19.0. The standard InChI is InChI=1S/C22H34N6O2.HI/c1-22(2,3)30-18-11-6-5-10-17(18)16-25-20(23-4)24-13-9-15-28-21(29)27-14-8-7-12-19(27)26-28;/h5-6,10-11H,7-9,12-16H2,1-4H3,(H2,23,24,25);1H. The summed E-state index contributed by atoms with van der Waals surface area (Å²) in [6.07, 6.45) is 3.87. The number of aryl methyl sites for hydroxylation is 2. The maximum atomic E-state index is 12.4. The summed E-state index contributed by atoms with van der Waals surface area (Å²) in [6.45, 7) is 8.83.